The van der Waals surface area contributed by atoms with Crippen LogP contribution in [0.2, 0.25) is 5.02 Å². The third kappa shape index (κ3) is 4.67. The first-order valence-electron chi connectivity index (χ1n) is 7.60. The van der Waals surface area contributed by atoms with Crippen molar-refractivity contribution in [2.45, 2.75) is 0 Å². The van der Waals surface area contributed by atoms with E-state index < -0.39 is 0 Å². The molecule has 0 atom stereocenters. The molecule has 1 aromatic heterocycles. The van der Waals surface area contributed by atoms with Crippen molar-refractivity contribution >= 4 is 29.3 Å². The molecule has 3 N–H and O–H groups in total. The fourth-order valence-corrected chi connectivity index (χ4v) is 2.32. The lowest BCUT2D eigenvalue weighted by molar-refractivity contribution is 0.252. The van der Waals surface area contributed by atoms with Gasteiger partial charge in [0.15, 0.2) is 0 Å². The first-order chi connectivity index (χ1) is 12.2. The zero-order chi connectivity index (χ0) is 17.5. The standard InChI is InChI=1S/C16H16ClN7O/c17-12-5-4-6-13(11-12)20-16(25)19-10-9-18-15-21-22-23-24(15)14-7-2-1-3-8-14/h1-8,11H,9-10H2,(H,18,21,23)(H2,19,20,25). The number of amides is 2. The zero-order valence-electron chi connectivity index (χ0n) is 13.2. The number of halogens is 1. The van der Waals surface area contributed by atoms with Gasteiger partial charge in [0.05, 0.1) is 5.69 Å². The third-order valence-electron chi connectivity index (χ3n) is 3.25. The summed E-state index contributed by atoms with van der Waals surface area (Å²) in [6.07, 6.45) is 0. The molecule has 0 aliphatic carbocycles. The Hall–Kier alpha value is -3.13. The number of para-hydroxylation sites is 1. The number of hydrogen-bond donors (Lipinski definition) is 3. The molecule has 0 radical (unpaired) electrons. The molecule has 2 aromatic carbocycles. The molecule has 3 rings (SSSR count). The van der Waals surface area contributed by atoms with Gasteiger partial charge in [0, 0.05) is 23.8 Å². The summed E-state index contributed by atoms with van der Waals surface area (Å²) in [6, 6.07) is 16.2. The van der Waals surface area contributed by atoms with Gasteiger partial charge in [0.1, 0.15) is 0 Å². The summed E-state index contributed by atoms with van der Waals surface area (Å²) in [6.45, 7) is 0.865. The van der Waals surface area contributed by atoms with Crippen LogP contribution in [0.1, 0.15) is 0 Å². The molecule has 3 aromatic rings. The van der Waals surface area contributed by atoms with Gasteiger partial charge in [-0.1, -0.05) is 41.0 Å². The number of tetrazole rings is 1. The van der Waals surface area contributed by atoms with E-state index in [4.69, 9.17) is 11.6 Å². The summed E-state index contributed by atoms with van der Waals surface area (Å²) in [5.74, 6) is 0.503. The topological polar surface area (TPSA) is 96.8 Å². The highest BCUT2D eigenvalue weighted by Crippen LogP contribution is 2.14. The van der Waals surface area contributed by atoms with Crippen LogP contribution in [0.4, 0.5) is 16.4 Å². The summed E-state index contributed by atoms with van der Waals surface area (Å²) < 4.78 is 1.59. The average molecular weight is 358 g/mol. The molecule has 0 unspecified atom stereocenters. The minimum atomic E-state index is -0.313. The number of rotatable bonds is 6. The largest absolute Gasteiger partial charge is 0.351 e. The highest BCUT2D eigenvalue weighted by Gasteiger charge is 2.07. The Labute approximate surface area is 149 Å². The molecule has 0 fully saturated rings. The molecule has 8 nitrogen and oxygen atoms in total. The Morgan fingerprint density at radius 1 is 1.08 bits per heavy atom. The van der Waals surface area contributed by atoms with Crippen LogP contribution < -0.4 is 16.0 Å². The molecule has 25 heavy (non-hydrogen) atoms. The van der Waals surface area contributed by atoms with Gasteiger partial charge in [-0.3, -0.25) is 0 Å². The molecule has 1 heterocycles. The summed E-state index contributed by atoms with van der Waals surface area (Å²) >= 11 is 5.87. The maximum atomic E-state index is 11.8. The molecule has 0 bridgehead atoms. The molecule has 0 spiro atoms. The van der Waals surface area contributed by atoms with E-state index in [-0.39, 0.29) is 6.03 Å². The number of urea groups is 1. The lowest BCUT2D eigenvalue weighted by atomic mass is 10.3. The number of nitrogens with zero attached hydrogens (tertiary/aromatic N) is 4. The fourth-order valence-electron chi connectivity index (χ4n) is 2.13. The van der Waals surface area contributed by atoms with E-state index in [9.17, 15) is 4.79 Å². The Balaban J connectivity index is 1.46. The predicted octanol–water partition coefficient (Wildman–Crippen LogP) is 2.55. The molecular weight excluding hydrogens is 342 g/mol. The number of carbonyl (C=O) groups is 1. The number of nitrogens with one attached hydrogen (secondary N) is 3. The number of anilines is 2. The van der Waals surface area contributed by atoms with E-state index >= 15 is 0 Å². The Bertz CT molecular complexity index is 837. The molecule has 9 heteroatoms. The minimum absolute atomic E-state index is 0.313. The molecule has 128 valence electrons. The summed E-state index contributed by atoms with van der Waals surface area (Å²) in [5, 5.41) is 20.6. The normalized spacial score (nSPS) is 10.3. The molecule has 0 aliphatic heterocycles. The van der Waals surface area contributed by atoms with Gasteiger partial charge in [0.25, 0.3) is 0 Å². The van der Waals surface area contributed by atoms with Crippen LogP contribution in [0.25, 0.3) is 5.69 Å². The Morgan fingerprint density at radius 3 is 2.72 bits per heavy atom. The fraction of sp³-hybridized carbons (Fsp3) is 0.125. The number of carbonyl (C=O) groups excluding carboxylic acids is 1. The van der Waals surface area contributed by atoms with Crippen LogP contribution >= 0.6 is 11.6 Å². The average Bonchev–Trinajstić information content (AvgIpc) is 3.08. The second-order valence-electron chi connectivity index (χ2n) is 5.07. The van der Waals surface area contributed by atoms with Crippen LogP contribution in [0.5, 0.6) is 0 Å². The van der Waals surface area contributed by atoms with Crippen molar-refractivity contribution in [3.05, 3.63) is 59.6 Å². The molecule has 0 saturated heterocycles. The van der Waals surface area contributed by atoms with Crippen LogP contribution in [0.3, 0.4) is 0 Å². The third-order valence-corrected chi connectivity index (χ3v) is 3.48. The monoisotopic (exact) mass is 357 g/mol. The molecule has 0 saturated carbocycles. The van der Waals surface area contributed by atoms with E-state index in [0.29, 0.717) is 29.7 Å². The summed E-state index contributed by atoms with van der Waals surface area (Å²) in [5.41, 5.74) is 1.48. The van der Waals surface area contributed by atoms with Gasteiger partial charge >= 0.3 is 6.03 Å². The van der Waals surface area contributed by atoms with Crippen LogP contribution in [0, 0.1) is 0 Å². The SMILES string of the molecule is O=C(NCCNc1nnnn1-c1ccccc1)Nc1cccc(Cl)c1. The quantitative estimate of drug-likeness (QED) is 0.589. The van der Waals surface area contributed by atoms with Gasteiger partial charge < -0.3 is 16.0 Å². The van der Waals surface area contributed by atoms with Gasteiger partial charge in [-0.25, -0.2) is 4.79 Å². The zero-order valence-corrected chi connectivity index (χ0v) is 13.9. The van der Waals surface area contributed by atoms with Crippen LogP contribution in [-0.4, -0.2) is 39.3 Å². The highest BCUT2D eigenvalue weighted by molar-refractivity contribution is 6.30. The number of aromatic nitrogens is 4. The minimum Gasteiger partial charge on any atom is -0.351 e. The van der Waals surface area contributed by atoms with E-state index in [0.717, 1.165) is 5.69 Å². The Kier molecular flexibility index (Phi) is 5.43. The summed E-state index contributed by atoms with van der Waals surface area (Å²) in [4.78, 5) is 11.8. The first kappa shape index (κ1) is 16.7. The van der Waals surface area contributed by atoms with Crippen molar-refractivity contribution in [2.75, 3.05) is 23.7 Å². The van der Waals surface area contributed by atoms with Crippen molar-refractivity contribution in [1.29, 1.82) is 0 Å². The number of hydrogen-bond acceptors (Lipinski definition) is 5. The lowest BCUT2D eigenvalue weighted by Gasteiger charge is -2.09. The maximum Gasteiger partial charge on any atom is 0.319 e. The highest BCUT2D eigenvalue weighted by atomic mass is 35.5. The second kappa shape index (κ2) is 8.11. The van der Waals surface area contributed by atoms with Crippen molar-refractivity contribution in [3.8, 4) is 5.69 Å². The predicted molar refractivity (Wildman–Crippen MR) is 96.1 cm³/mol. The second-order valence-corrected chi connectivity index (χ2v) is 5.50. The van der Waals surface area contributed by atoms with Gasteiger partial charge in [-0.2, -0.15) is 4.68 Å². The van der Waals surface area contributed by atoms with Crippen LogP contribution in [0.15, 0.2) is 54.6 Å². The molecule has 0 aliphatic rings. The number of benzene rings is 2. The van der Waals surface area contributed by atoms with E-state index in [1.165, 1.54) is 0 Å². The van der Waals surface area contributed by atoms with Crippen molar-refractivity contribution in [1.82, 2.24) is 25.5 Å². The van der Waals surface area contributed by atoms with E-state index in [2.05, 4.69) is 31.5 Å². The van der Waals surface area contributed by atoms with Crippen molar-refractivity contribution in [2.24, 2.45) is 0 Å². The maximum absolute atomic E-state index is 11.8. The molecular formula is C16H16ClN7O. The van der Waals surface area contributed by atoms with Gasteiger partial charge in [0.2, 0.25) is 5.95 Å². The van der Waals surface area contributed by atoms with Crippen molar-refractivity contribution < 1.29 is 4.79 Å². The van der Waals surface area contributed by atoms with Gasteiger partial charge in [-0.05, 0) is 40.8 Å². The van der Waals surface area contributed by atoms with E-state index in [1.54, 1.807) is 28.9 Å². The summed E-state index contributed by atoms with van der Waals surface area (Å²) in [7, 11) is 0. The first-order valence-corrected chi connectivity index (χ1v) is 7.98. The Morgan fingerprint density at radius 2 is 1.92 bits per heavy atom. The van der Waals surface area contributed by atoms with Gasteiger partial charge in [-0.15, -0.1) is 0 Å². The van der Waals surface area contributed by atoms with Crippen molar-refractivity contribution in [3.63, 3.8) is 0 Å². The van der Waals surface area contributed by atoms with E-state index in [1.807, 2.05) is 30.3 Å². The molecule has 2 amide bonds. The smallest absolute Gasteiger partial charge is 0.319 e. The lowest BCUT2D eigenvalue weighted by Crippen LogP contribution is -2.32. The van der Waals surface area contributed by atoms with Crippen LogP contribution in [-0.2, 0) is 0 Å².